The molecule has 1 N–H and O–H groups in total. The van der Waals surface area contributed by atoms with Crippen molar-refractivity contribution in [2.45, 2.75) is 31.8 Å². The molecule has 0 saturated carbocycles. The Labute approximate surface area is 109 Å². The van der Waals surface area contributed by atoms with Crippen molar-refractivity contribution in [2.75, 3.05) is 18.9 Å². The lowest BCUT2D eigenvalue weighted by Crippen LogP contribution is -2.42. The van der Waals surface area contributed by atoms with Crippen LogP contribution in [0.1, 0.15) is 19.8 Å². The van der Waals surface area contributed by atoms with Crippen LogP contribution in [0.15, 0.2) is 6.07 Å². The molecule has 19 heavy (non-hydrogen) atoms. The van der Waals surface area contributed by atoms with Gasteiger partial charge in [-0.1, -0.05) is 0 Å². The Bertz CT molecular complexity index is 452. The molecule has 2 rings (SSSR count). The number of hydrogen-bond donors (Lipinski definition) is 1. The first kappa shape index (κ1) is 14.1. The number of hydrogen-bond acceptors (Lipinski definition) is 2. The SMILES string of the molecule is CC1CC(Nc2c(F)c(F)cc(F)c2F)CCN1C. The highest BCUT2D eigenvalue weighted by molar-refractivity contribution is 5.48. The number of halogens is 4. The molecule has 1 aliphatic rings. The highest BCUT2D eigenvalue weighted by Crippen LogP contribution is 2.27. The molecule has 2 nitrogen and oxygen atoms in total. The van der Waals surface area contributed by atoms with Crippen molar-refractivity contribution >= 4 is 5.69 Å². The van der Waals surface area contributed by atoms with Crippen molar-refractivity contribution in [1.29, 1.82) is 0 Å². The van der Waals surface area contributed by atoms with Crippen molar-refractivity contribution in [1.82, 2.24) is 4.90 Å². The maximum atomic E-state index is 13.5. The van der Waals surface area contributed by atoms with Crippen LogP contribution in [0.25, 0.3) is 0 Å². The second-order valence-corrected chi connectivity index (χ2v) is 5.04. The average molecular weight is 276 g/mol. The molecule has 0 bridgehead atoms. The molecule has 0 radical (unpaired) electrons. The molecule has 0 aromatic heterocycles. The Kier molecular flexibility index (Phi) is 3.99. The fourth-order valence-electron chi connectivity index (χ4n) is 2.32. The lowest BCUT2D eigenvalue weighted by atomic mass is 9.98. The van der Waals surface area contributed by atoms with Gasteiger partial charge in [0, 0.05) is 24.7 Å². The quantitative estimate of drug-likeness (QED) is 0.659. The summed E-state index contributed by atoms with van der Waals surface area (Å²) in [6.07, 6.45) is 1.32. The van der Waals surface area contributed by atoms with Crippen molar-refractivity contribution < 1.29 is 17.6 Å². The molecule has 2 atom stereocenters. The van der Waals surface area contributed by atoms with Crippen LogP contribution in [0, 0.1) is 23.3 Å². The Hall–Kier alpha value is -1.30. The van der Waals surface area contributed by atoms with E-state index in [2.05, 4.69) is 10.2 Å². The molecule has 1 aromatic carbocycles. The summed E-state index contributed by atoms with van der Waals surface area (Å²) in [6, 6.07) is 0.264. The Morgan fingerprint density at radius 1 is 1.16 bits per heavy atom. The zero-order valence-electron chi connectivity index (χ0n) is 10.8. The molecule has 106 valence electrons. The van der Waals surface area contributed by atoms with Crippen LogP contribution in [0.4, 0.5) is 23.2 Å². The number of likely N-dealkylation sites (tertiary alicyclic amines) is 1. The van der Waals surface area contributed by atoms with E-state index in [-0.39, 0.29) is 18.2 Å². The number of anilines is 1. The van der Waals surface area contributed by atoms with Gasteiger partial charge in [-0.05, 0) is 26.8 Å². The van der Waals surface area contributed by atoms with E-state index < -0.39 is 29.0 Å². The van der Waals surface area contributed by atoms with Gasteiger partial charge in [0.15, 0.2) is 23.3 Å². The Balaban J connectivity index is 2.20. The van der Waals surface area contributed by atoms with Gasteiger partial charge in [-0.3, -0.25) is 0 Å². The third-order valence-electron chi connectivity index (χ3n) is 3.67. The minimum absolute atomic E-state index is 0.198. The summed E-state index contributed by atoms with van der Waals surface area (Å²) >= 11 is 0. The Morgan fingerprint density at radius 2 is 1.74 bits per heavy atom. The zero-order valence-corrected chi connectivity index (χ0v) is 10.8. The maximum Gasteiger partial charge on any atom is 0.185 e. The molecule has 1 aliphatic heterocycles. The van der Waals surface area contributed by atoms with E-state index in [4.69, 9.17) is 0 Å². The first-order valence-electron chi connectivity index (χ1n) is 6.20. The average Bonchev–Trinajstić information content (AvgIpc) is 2.36. The second kappa shape index (κ2) is 5.36. The van der Waals surface area contributed by atoms with Gasteiger partial charge >= 0.3 is 0 Å². The van der Waals surface area contributed by atoms with E-state index >= 15 is 0 Å². The monoisotopic (exact) mass is 276 g/mol. The second-order valence-electron chi connectivity index (χ2n) is 5.04. The molecule has 1 aromatic rings. The van der Waals surface area contributed by atoms with Gasteiger partial charge < -0.3 is 10.2 Å². The molecule has 2 unspecified atom stereocenters. The predicted molar refractivity (Wildman–Crippen MR) is 65.0 cm³/mol. The summed E-state index contributed by atoms with van der Waals surface area (Å²) in [4.78, 5) is 2.12. The molecule has 6 heteroatoms. The summed E-state index contributed by atoms with van der Waals surface area (Å²) in [5.41, 5.74) is -0.709. The molecule has 1 fully saturated rings. The number of piperidine rings is 1. The van der Waals surface area contributed by atoms with Gasteiger partial charge in [0.1, 0.15) is 5.69 Å². The van der Waals surface area contributed by atoms with Gasteiger partial charge in [-0.25, -0.2) is 17.6 Å². The van der Waals surface area contributed by atoms with Crippen molar-refractivity contribution in [3.05, 3.63) is 29.3 Å². The minimum atomic E-state index is -1.39. The van der Waals surface area contributed by atoms with Gasteiger partial charge in [0.2, 0.25) is 0 Å². The van der Waals surface area contributed by atoms with Crippen LogP contribution in [0.2, 0.25) is 0 Å². The van der Waals surface area contributed by atoms with Gasteiger partial charge in [0.05, 0.1) is 0 Å². The lowest BCUT2D eigenvalue weighted by Gasteiger charge is -2.35. The molecular formula is C13H16F4N2. The molecule has 1 heterocycles. The van der Waals surface area contributed by atoms with Crippen molar-refractivity contribution in [2.24, 2.45) is 0 Å². The highest BCUT2D eigenvalue weighted by Gasteiger charge is 2.26. The standard InChI is InChI=1S/C13H16F4N2/c1-7-5-8(3-4-19(7)2)18-13-11(16)9(14)6-10(15)12(13)17/h6-8,18H,3-5H2,1-2H3. The number of benzene rings is 1. The molecular weight excluding hydrogens is 260 g/mol. The minimum Gasteiger partial charge on any atom is -0.377 e. The van der Waals surface area contributed by atoms with Crippen LogP contribution in [-0.2, 0) is 0 Å². The smallest absolute Gasteiger partial charge is 0.185 e. The van der Waals surface area contributed by atoms with Crippen LogP contribution in [-0.4, -0.2) is 30.6 Å². The van der Waals surface area contributed by atoms with Crippen molar-refractivity contribution in [3.8, 4) is 0 Å². The highest BCUT2D eigenvalue weighted by atomic mass is 19.2. The molecule has 0 spiro atoms. The van der Waals surface area contributed by atoms with E-state index in [9.17, 15) is 17.6 Å². The molecule has 1 saturated heterocycles. The Morgan fingerprint density at radius 3 is 2.26 bits per heavy atom. The van der Waals surface area contributed by atoms with Crippen LogP contribution >= 0.6 is 0 Å². The van der Waals surface area contributed by atoms with Crippen LogP contribution < -0.4 is 5.32 Å². The van der Waals surface area contributed by atoms with E-state index in [0.717, 1.165) is 6.54 Å². The van der Waals surface area contributed by atoms with Crippen LogP contribution in [0.5, 0.6) is 0 Å². The van der Waals surface area contributed by atoms with E-state index in [1.807, 2.05) is 14.0 Å². The van der Waals surface area contributed by atoms with E-state index in [0.29, 0.717) is 12.8 Å². The predicted octanol–water partition coefficient (Wildman–Crippen LogP) is 3.14. The fourth-order valence-corrected chi connectivity index (χ4v) is 2.32. The number of nitrogens with one attached hydrogen (secondary N) is 1. The normalized spacial score (nSPS) is 24.5. The lowest BCUT2D eigenvalue weighted by molar-refractivity contribution is 0.189. The fraction of sp³-hybridized carbons (Fsp3) is 0.538. The third kappa shape index (κ3) is 2.83. The number of nitrogens with zero attached hydrogens (tertiary/aromatic N) is 1. The summed E-state index contributed by atoms with van der Waals surface area (Å²) in [5.74, 6) is -5.51. The van der Waals surface area contributed by atoms with Gasteiger partial charge in [0.25, 0.3) is 0 Å². The first-order valence-corrected chi connectivity index (χ1v) is 6.20. The summed E-state index contributed by atoms with van der Waals surface area (Å²) in [6.45, 7) is 2.76. The third-order valence-corrected chi connectivity index (χ3v) is 3.67. The zero-order chi connectivity index (χ0) is 14.2. The van der Waals surface area contributed by atoms with E-state index in [1.54, 1.807) is 0 Å². The van der Waals surface area contributed by atoms with Crippen molar-refractivity contribution in [3.63, 3.8) is 0 Å². The molecule has 0 aliphatic carbocycles. The summed E-state index contributed by atoms with van der Waals surface area (Å²) in [5, 5.41) is 2.59. The number of rotatable bonds is 2. The topological polar surface area (TPSA) is 15.3 Å². The summed E-state index contributed by atoms with van der Waals surface area (Å²) < 4.78 is 53.2. The molecule has 0 amide bonds. The van der Waals surface area contributed by atoms with Crippen LogP contribution in [0.3, 0.4) is 0 Å². The summed E-state index contributed by atoms with van der Waals surface area (Å²) in [7, 11) is 1.96. The van der Waals surface area contributed by atoms with Gasteiger partial charge in [-0.2, -0.15) is 0 Å². The van der Waals surface area contributed by atoms with E-state index in [1.165, 1.54) is 0 Å². The maximum absolute atomic E-state index is 13.5. The van der Waals surface area contributed by atoms with Gasteiger partial charge in [-0.15, -0.1) is 0 Å². The largest absolute Gasteiger partial charge is 0.377 e. The first-order chi connectivity index (χ1) is 8.90.